The van der Waals surface area contributed by atoms with Gasteiger partial charge in [0.1, 0.15) is 5.52 Å². The number of rotatable bonds is 3. The molecule has 0 radical (unpaired) electrons. The monoisotopic (exact) mass is 228 g/mol. The van der Waals surface area contributed by atoms with E-state index in [1.165, 1.54) is 6.07 Å². The van der Waals surface area contributed by atoms with Gasteiger partial charge in [-0.1, -0.05) is 12.1 Å². The smallest absolute Gasteiger partial charge is 0.359 e. The highest BCUT2D eigenvalue weighted by Gasteiger charge is 2.13. The molecule has 0 unspecified atom stereocenters. The standard InChI is InChI=1S/C8H8N2O4S/c1-13-15(11,12)14-7-4-2-3-6-5-9-10-8(6)7/h2-5H,1H3,(H,9,10). The van der Waals surface area contributed by atoms with E-state index in [0.717, 1.165) is 12.5 Å². The summed E-state index contributed by atoms with van der Waals surface area (Å²) in [5.74, 6) is 0.159. The molecular formula is C8H8N2O4S. The molecule has 0 aliphatic carbocycles. The molecule has 15 heavy (non-hydrogen) atoms. The quantitative estimate of drug-likeness (QED) is 0.841. The molecule has 1 N–H and O–H groups in total. The molecule has 2 aromatic rings. The Balaban J connectivity index is 2.48. The predicted molar refractivity (Wildman–Crippen MR) is 52.7 cm³/mol. The van der Waals surface area contributed by atoms with E-state index < -0.39 is 10.4 Å². The van der Waals surface area contributed by atoms with Crippen molar-refractivity contribution in [2.75, 3.05) is 7.11 Å². The van der Waals surface area contributed by atoms with Crippen molar-refractivity contribution in [1.82, 2.24) is 10.2 Å². The SMILES string of the molecule is COS(=O)(=O)Oc1cccc2cn[nH]c12. The van der Waals surface area contributed by atoms with E-state index >= 15 is 0 Å². The van der Waals surface area contributed by atoms with E-state index in [2.05, 4.69) is 14.4 Å². The third-order valence-corrected chi connectivity index (χ3v) is 2.63. The molecule has 0 amide bonds. The van der Waals surface area contributed by atoms with Gasteiger partial charge in [0, 0.05) is 5.39 Å². The van der Waals surface area contributed by atoms with E-state index in [1.54, 1.807) is 18.3 Å². The highest BCUT2D eigenvalue weighted by Crippen LogP contribution is 2.24. The number of aromatic nitrogens is 2. The Morgan fingerprint density at radius 2 is 2.20 bits per heavy atom. The second-order valence-electron chi connectivity index (χ2n) is 2.75. The molecule has 1 aromatic heterocycles. The Morgan fingerprint density at radius 3 is 2.93 bits per heavy atom. The van der Waals surface area contributed by atoms with E-state index in [9.17, 15) is 8.42 Å². The lowest BCUT2D eigenvalue weighted by Gasteiger charge is -2.04. The van der Waals surface area contributed by atoms with Gasteiger partial charge in [-0.05, 0) is 6.07 Å². The van der Waals surface area contributed by atoms with Crippen LogP contribution in [0, 0.1) is 0 Å². The van der Waals surface area contributed by atoms with Gasteiger partial charge in [0.15, 0.2) is 5.75 Å². The normalized spacial score (nSPS) is 11.8. The third-order valence-electron chi connectivity index (χ3n) is 1.83. The zero-order chi connectivity index (χ0) is 10.9. The molecule has 0 aliphatic rings. The van der Waals surface area contributed by atoms with Crippen LogP contribution in [0.3, 0.4) is 0 Å². The van der Waals surface area contributed by atoms with Crippen molar-refractivity contribution in [3.63, 3.8) is 0 Å². The van der Waals surface area contributed by atoms with Gasteiger partial charge in [-0.3, -0.25) is 5.10 Å². The van der Waals surface area contributed by atoms with Gasteiger partial charge in [0.2, 0.25) is 0 Å². The average molecular weight is 228 g/mol. The lowest BCUT2D eigenvalue weighted by molar-refractivity contribution is 0.331. The molecule has 1 aromatic carbocycles. The number of nitrogens with zero attached hydrogens (tertiary/aromatic N) is 1. The number of hydrogen-bond donors (Lipinski definition) is 1. The van der Waals surface area contributed by atoms with Gasteiger partial charge in [-0.25, -0.2) is 4.18 Å². The minimum atomic E-state index is -3.99. The number of H-pyrrole nitrogens is 1. The van der Waals surface area contributed by atoms with Crippen LogP contribution in [0.15, 0.2) is 24.4 Å². The summed E-state index contributed by atoms with van der Waals surface area (Å²) in [4.78, 5) is 0. The molecular weight excluding hydrogens is 220 g/mol. The van der Waals surface area contributed by atoms with Crippen molar-refractivity contribution in [1.29, 1.82) is 0 Å². The van der Waals surface area contributed by atoms with Crippen LogP contribution in [0.1, 0.15) is 0 Å². The maximum absolute atomic E-state index is 11.1. The summed E-state index contributed by atoms with van der Waals surface area (Å²) in [6.07, 6.45) is 1.57. The van der Waals surface area contributed by atoms with Crippen LogP contribution in [-0.4, -0.2) is 25.7 Å². The number of fused-ring (bicyclic) bond motifs is 1. The molecule has 0 saturated carbocycles. The van der Waals surface area contributed by atoms with Gasteiger partial charge in [-0.2, -0.15) is 13.5 Å². The highest BCUT2D eigenvalue weighted by atomic mass is 32.3. The van der Waals surface area contributed by atoms with Crippen molar-refractivity contribution >= 4 is 21.3 Å². The highest BCUT2D eigenvalue weighted by molar-refractivity contribution is 7.82. The Kier molecular flexibility index (Phi) is 2.33. The number of nitrogens with one attached hydrogen (secondary N) is 1. The minimum absolute atomic E-state index is 0.159. The van der Waals surface area contributed by atoms with Crippen molar-refractivity contribution in [2.45, 2.75) is 0 Å². The van der Waals surface area contributed by atoms with Gasteiger partial charge < -0.3 is 4.18 Å². The van der Waals surface area contributed by atoms with E-state index in [1.807, 2.05) is 0 Å². The van der Waals surface area contributed by atoms with Crippen LogP contribution in [0.5, 0.6) is 5.75 Å². The Labute approximate surface area is 86.1 Å². The summed E-state index contributed by atoms with van der Waals surface area (Å²) in [5.41, 5.74) is 0.512. The van der Waals surface area contributed by atoms with E-state index in [0.29, 0.717) is 5.52 Å². The number of hydrogen-bond acceptors (Lipinski definition) is 5. The largest absolute Gasteiger partial charge is 0.448 e. The summed E-state index contributed by atoms with van der Waals surface area (Å²) < 4.78 is 31.0. The molecule has 7 heteroatoms. The van der Waals surface area contributed by atoms with E-state index in [4.69, 9.17) is 4.18 Å². The molecule has 80 valence electrons. The molecule has 6 nitrogen and oxygen atoms in total. The summed E-state index contributed by atoms with van der Waals surface area (Å²) in [7, 11) is -2.96. The molecule has 2 rings (SSSR count). The van der Waals surface area contributed by atoms with Gasteiger partial charge >= 0.3 is 10.4 Å². The fourth-order valence-corrected chi connectivity index (χ4v) is 1.58. The van der Waals surface area contributed by atoms with Gasteiger partial charge in [0.25, 0.3) is 0 Å². The van der Waals surface area contributed by atoms with Crippen molar-refractivity contribution in [3.05, 3.63) is 24.4 Å². The summed E-state index contributed by atoms with van der Waals surface area (Å²) >= 11 is 0. The lowest BCUT2D eigenvalue weighted by Crippen LogP contribution is -2.10. The van der Waals surface area contributed by atoms with Crippen molar-refractivity contribution in [3.8, 4) is 5.75 Å². The zero-order valence-electron chi connectivity index (χ0n) is 7.80. The lowest BCUT2D eigenvalue weighted by atomic mass is 10.2. The topological polar surface area (TPSA) is 81.3 Å². The Hall–Kier alpha value is -1.60. The molecule has 0 aliphatic heterocycles. The van der Waals surface area contributed by atoms with Crippen molar-refractivity contribution in [2.24, 2.45) is 0 Å². The fourth-order valence-electron chi connectivity index (χ4n) is 1.16. The summed E-state index contributed by atoms with van der Waals surface area (Å²) in [6, 6.07) is 4.96. The predicted octanol–water partition coefficient (Wildman–Crippen LogP) is 0.833. The molecule has 0 fully saturated rings. The first-order chi connectivity index (χ1) is 7.12. The first-order valence-corrected chi connectivity index (χ1v) is 5.38. The second-order valence-corrected chi connectivity index (χ2v) is 4.07. The second kappa shape index (κ2) is 3.52. The van der Waals surface area contributed by atoms with Crippen LogP contribution in [0.25, 0.3) is 10.9 Å². The van der Waals surface area contributed by atoms with Gasteiger partial charge in [0.05, 0.1) is 13.3 Å². The molecule has 0 saturated heterocycles. The summed E-state index contributed by atoms with van der Waals surface area (Å²) in [5, 5.41) is 7.18. The van der Waals surface area contributed by atoms with Crippen LogP contribution < -0.4 is 4.18 Å². The van der Waals surface area contributed by atoms with Crippen LogP contribution in [-0.2, 0) is 14.6 Å². The fraction of sp³-hybridized carbons (Fsp3) is 0.125. The molecule has 0 atom stereocenters. The first kappa shape index (κ1) is 9.94. The zero-order valence-corrected chi connectivity index (χ0v) is 8.61. The maximum atomic E-state index is 11.1. The van der Waals surface area contributed by atoms with E-state index in [-0.39, 0.29) is 5.75 Å². The van der Waals surface area contributed by atoms with Crippen molar-refractivity contribution < 1.29 is 16.8 Å². The molecule has 0 bridgehead atoms. The third kappa shape index (κ3) is 1.92. The van der Waals surface area contributed by atoms with Gasteiger partial charge in [-0.15, -0.1) is 0 Å². The van der Waals surface area contributed by atoms with Crippen LogP contribution in [0.4, 0.5) is 0 Å². The molecule has 1 heterocycles. The maximum Gasteiger partial charge on any atom is 0.448 e. The van der Waals surface area contributed by atoms with Crippen LogP contribution >= 0.6 is 0 Å². The van der Waals surface area contributed by atoms with Crippen LogP contribution in [0.2, 0.25) is 0 Å². The number of para-hydroxylation sites is 1. The number of benzene rings is 1. The average Bonchev–Trinajstić information content (AvgIpc) is 2.66. The Morgan fingerprint density at radius 1 is 1.40 bits per heavy atom. The molecule has 0 spiro atoms. The first-order valence-electron chi connectivity index (χ1n) is 4.04. The summed E-state index contributed by atoms with van der Waals surface area (Å²) in [6.45, 7) is 0. The minimum Gasteiger partial charge on any atom is -0.359 e. The Bertz CT molecular complexity index is 575. The number of aromatic amines is 1.